The molecule has 0 spiro atoms. The van der Waals surface area contributed by atoms with Gasteiger partial charge < -0.3 is 0 Å². The summed E-state index contributed by atoms with van der Waals surface area (Å²) in [4.78, 5) is 65.6. The summed E-state index contributed by atoms with van der Waals surface area (Å²) in [5.74, 6) is -0.613. The largest absolute Gasteiger partial charge is 0.293 e. The lowest BCUT2D eigenvalue weighted by Gasteiger charge is -2.31. The third kappa shape index (κ3) is 8.49. The first-order valence-corrected chi connectivity index (χ1v) is 23.5. The number of anilines is 4. The lowest BCUT2D eigenvalue weighted by molar-refractivity contribution is -0.124. The second-order valence-electron chi connectivity index (χ2n) is 13.8. The smallest absolute Gasteiger partial charge is 0.267 e. The molecule has 4 aliphatic rings. The zero-order chi connectivity index (χ0) is 40.5. The molecule has 0 unspecified atom stereocenters. The van der Waals surface area contributed by atoms with Gasteiger partial charge in [0.05, 0.1) is 32.6 Å². The molecule has 0 atom stereocenters. The minimum absolute atomic E-state index is 0.0165. The Morgan fingerprint density at radius 3 is 1.33 bits per heavy atom. The first kappa shape index (κ1) is 41.4. The molecule has 4 heterocycles. The standard InChI is InChI=1S/C42H34Cl2N4O4S6/c43-25-17-19-33-29(23-25)47(27-11-5-7-13-31(27)55-33)35(49)15-3-1-9-21-45-39(51)37(57-41(45)53)38-40(52)46(42(54)58-38)22-10-2-4-16-36(50)48-28-12-6-8-14-32(28)56-34-20-18-26(44)24-30(34)48/h5-8,11-14,17-20,23-24H,1-4,9-10,15-16,21-22H2. The van der Waals surface area contributed by atoms with Crippen molar-refractivity contribution >= 4 is 150 Å². The molecule has 4 aromatic carbocycles. The summed E-state index contributed by atoms with van der Waals surface area (Å²) >= 11 is 29.3. The van der Waals surface area contributed by atoms with Crippen LogP contribution in [-0.2, 0) is 19.2 Å². The summed E-state index contributed by atoms with van der Waals surface area (Å²) in [6.07, 6.45) is 4.65. The van der Waals surface area contributed by atoms with Crippen LogP contribution < -0.4 is 9.80 Å². The summed E-state index contributed by atoms with van der Waals surface area (Å²) in [5, 5.41) is 1.14. The Balaban J connectivity index is 0.809. The summed E-state index contributed by atoms with van der Waals surface area (Å²) in [7, 11) is 0. The van der Waals surface area contributed by atoms with E-state index in [4.69, 9.17) is 47.6 Å². The van der Waals surface area contributed by atoms with E-state index in [2.05, 4.69) is 0 Å². The molecule has 2 fully saturated rings. The van der Waals surface area contributed by atoms with Gasteiger partial charge in [0, 0.05) is 55.6 Å². The molecule has 0 N–H and O–H groups in total. The fourth-order valence-corrected chi connectivity index (χ4v) is 12.3. The quantitative estimate of drug-likeness (QED) is 0.0778. The monoisotopic (exact) mass is 920 g/mol. The van der Waals surface area contributed by atoms with E-state index in [-0.39, 0.29) is 23.6 Å². The number of amides is 4. The number of rotatable bonds is 12. The van der Waals surface area contributed by atoms with Gasteiger partial charge in [-0.2, -0.15) is 0 Å². The molecule has 4 aromatic rings. The van der Waals surface area contributed by atoms with Crippen LogP contribution in [0.15, 0.2) is 114 Å². The number of benzene rings is 4. The van der Waals surface area contributed by atoms with Crippen LogP contribution in [0.2, 0.25) is 10.0 Å². The number of halogens is 2. The number of hydrogen-bond donors (Lipinski definition) is 0. The lowest BCUT2D eigenvalue weighted by atomic mass is 10.1. The van der Waals surface area contributed by atoms with Crippen LogP contribution in [0.4, 0.5) is 22.7 Å². The van der Waals surface area contributed by atoms with Crippen molar-refractivity contribution in [2.75, 3.05) is 22.9 Å². The number of carbonyl (C=O) groups is 4. The van der Waals surface area contributed by atoms with Gasteiger partial charge in [-0.25, -0.2) is 0 Å². The molecule has 0 radical (unpaired) electrons. The Morgan fingerprint density at radius 1 is 0.500 bits per heavy atom. The Hall–Kier alpha value is -3.34. The molecule has 0 bridgehead atoms. The van der Waals surface area contributed by atoms with E-state index in [0.717, 1.165) is 65.9 Å². The number of thiocarbonyl (C=S) groups is 2. The fourth-order valence-electron chi connectivity index (χ4n) is 7.12. The van der Waals surface area contributed by atoms with Gasteiger partial charge in [-0.05, 0) is 86.3 Å². The summed E-state index contributed by atoms with van der Waals surface area (Å²) in [5.41, 5.74) is 3.26. The highest BCUT2D eigenvalue weighted by atomic mass is 35.5. The minimum Gasteiger partial charge on any atom is -0.293 e. The van der Waals surface area contributed by atoms with Crippen molar-refractivity contribution in [2.45, 2.75) is 70.9 Å². The molecule has 2 saturated heterocycles. The highest BCUT2D eigenvalue weighted by molar-refractivity contribution is 8.29. The van der Waals surface area contributed by atoms with Crippen molar-refractivity contribution in [3.63, 3.8) is 0 Å². The molecule has 4 amide bonds. The fraction of sp³-hybridized carbons (Fsp3) is 0.238. The van der Waals surface area contributed by atoms with E-state index in [1.54, 1.807) is 43.1 Å². The summed E-state index contributed by atoms with van der Waals surface area (Å²) in [6, 6.07) is 26.9. The van der Waals surface area contributed by atoms with Crippen molar-refractivity contribution in [3.05, 3.63) is 105 Å². The molecule has 16 heteroatoms. The van der Waals surface area contributed by atoms with Crippen LogP contribution in [-0.4, -0.2) is 55.2 Å². The lowest BCUT2D eigenvalue weighted by Crippen LogP contribution is -2.31. The number of unbranched alkanes of at least 4 members (excludes halogenated alkanes) is 4. The zero-order valence-electron chi connectivity index (χ0n) is 30.8. The molecule has 296 valence electrons. The number of fused-ring (bicyclic) bond motifs is 4. The van der Waals surface area contributed by atoms with Crippen molar-refractivity contribution < 1.29 is 19.2 Å². The van der Waals surface area contributed by atoms with Crippen molar-refractivity contribution in [1.82, 2.24) is 9.80 Å². The molecule has 8 rings (SSSR count). The molecule has 0 saturated carbocycles. The first-order chi connectivity index (χ1) is 28.1. The van der Waals surface area contributed by atoms with Gasteiger partial charge in [0.15, 0.2) is 0 Å². The highest BCUT2D eigenvalue weighted by Crippen LogP contribution is 2.50. The number of hydrogen-bond acceptors (Lipinski definition) is 10. The maximum absolute atomic E-state index is 13.6. The van der Waals surface area contributed by atoms with E-state index in [0.29, 0.717) is 93.0 Å². The van der Waals surface area contributed by atoms with Crippen molar-refractivity contribution in [1.29, 1.82) is 0 Å². The maximum Gasteiger partial charge on any atom is 0.267 e. The Labute approximate surface area is 374 Å². The summed E-state index contributed by atoms with van der Waals surface area (Å²) in [6.45, 7) is 0.785. The second-order valence-corrected chi connectivity index (χ2v) is 20.1. The van der Waals surface area contributed by atoms with E-state index in [1.807, 2.05) is 84.9 Å². The normalized spacial score (nSPS) is 17.1. The van der Waals surface area contributed by atoms with Gasteiger partial charge in [0.25, 0.3) is 11.8 Å². The summed E-state index contributed by atoms with van der Waals surface area (Å²) < 4.78 is 0.809. The highest BCUT2D eigenvalue weighted by Gasteiger charge is 2.42. The Kier molecular flexibility index (Phi) is 12.9. The topological polar surface area (TPSA) is 81.2 Å². The average Bonchev–Trinajstić information content (AvgIpc) is 3.66. The van der Waals surface area contributed by atoms with E-state index < -0.39 is 0 Å². The minimum atomic E-state index is -0.290. The third-order valence-electron chi connectivity index (χ3n) is 9.92. The number of nitrogens with zero attached hydrogens (tertiary/aromatic N) is 4. The Morgan fingerprint density at radius 2 is 0.897 bits per heavy atom. The second kappa shape index (κ2) is 18.1. The number of thioether (sulfide) groups is 2. The predicted octanol–water partition coefficient (Wildman–Crippen LogP) is 12.0. The van der Waals surface area contributed by atoms with Gasteiger partial charge >= 0.3 is 0 Å². The van der Waals surface area contributed by atoms with Crippen LogP contribution in [0.5, 0.6) is 0 Å². The predicted molar refractivity (Wildman–Crippen MR) is 246 cm³/mol. The van der Waals surface area contributed by atoms with E-state index >= 15 is 0 Å². The van der Waals surface area contributed by atoms with E-state index in [9.17, 15) is 19.2 Å². The SMILES string of the molecule is O=C1C(=C2SC(=S)N(CCCCCC(=O)N3c4ccccc4Sc4ccc(Cl)cc43)C2=O)SC(=S)N1CCCCCC(=O)N1c2ccccc2Sc2ccc(Cl)cc21. The molecule has 0 aliphatic carbocycles. The molecular weight excluding hydrogens is 888 g/mol. The number of carbonyl (C=O) groups excluding carboxylic acids is 4. The van der Waals surface area contributed by atoms with Gasteiger partial charge in [0.2, 0.25) is 11.8 Å². The van der Waals surface area contributed by atoms with Crippen LogP contribution >= 0.6 is 94.7 Å². The average molecular weight is 922 g/mol. The molecule has 4 aliphatic heterocycles. The molecule has 58 heavy (non-hydrogen) atoms. The van der Waals surface area contributed by atoms with E-state index in [1.165, 1.54) is 0 Å². The van der Waals surface area contributed by atoms with Crippen LogP contribution in [0.25, 0.3) is 0 Å². The van der Waals surface area contributed by atoms with Crippen molar-refractivity contribution in [3.8, 4) is 0 Å². The molecular formula is C42H34Cl2N4O4S6. The Bertz CT molecular complexity index is 2260. The van der Waals surface area contributed by atoms with Crippen molar-refractivity contribution in [2.24, 2.45) is 0 Å². The van der Waals surface area contributed by atoms with Crippen LogP contribution in [0, 0.1) is 0 Å². The molecule has 8 nitrogen and oxygen atoms in total. The van der Waals surface area contributed by atoms with Gasteiger partial charge in [-0.1, -0.05) is 132 Å². The third-order valence-corrected chi connectivity index (χ3v) is 15.7. The van der Waals surface area contributed by atoms with Gasteiger partial charge in [0.1, 0.15) is 8.64 Å². The van der Waals surface area contributed by atoms with Gasteiger partial charge in [-0.15, -0.1) is 0 Å². The first-order valence-electron chi connectivity index (χ1n) is 18.7. The zero-order valence-corrected chi connectivity index (χ0v) is 37.2. The molecule has 0 aromatic heterocycles. The van der Waals surface area contributed by atoms with Gasteiger partial charge in [-0.3, -0.25) is 38.8 Å². The van der Waals surface area contributed by atoms with Crippen LogP contribution in [0.1, 0.15) is 51.4 Å². The van der Waals surface area contributed by atoms with Crippen LogP contribution in [0.3, 0.4) is 0 Å². The number of para-hydroxylation sites is 2. The maximum atomic E-state index is 13.6.